The van der Waals surface area contributed by atoms with E-state index in [-0.39, 0.29) is 5.82 Å². The van der Waals surface area contributed by atoms with E-state index in [2.05, 4.69) is 10.3 Å². The van der Waals surface area contributed by atoms with Gasteiger partial charge in [0.1, 0.15) is 11.6 Å². The lowest BCUT2D eigenvalue weighted by molar-refractivity contribution is 0.341. The number of nitrogens with one attached hydrogen (secondary N) is 1. The minimum atomic E-state index is -0.384. The van der Waals surface area contributed by atoms with Gasteiger partial charge in [0, 0.05) is 10.7 Å². The van der Waals surface area contributed by atoms with E-state index in [4.69, 9.17) is 16.3 Å². The number of halogens is 2. The van der Waals surface area contributed by atoms with Crippen molar-refractivity contribution >= 4 is 44.0 Å². The maximum absolute atomic E-state index is 13.3. The fourth-order valence-corrected chi connectivity index (χ4v) is 3.10. The first-order valence-electron chi connectivity index (χ1n) is 6.40. The van der Waals surface area contributed by atoms with E-state index in [0.717, 1.165) is 16.0 Å². The Balaban J connectivity index is 1.90. The van der Waals surface area contributed by atoms with Gasteiger partial charge >= 0.3 is 0 Å². The van der Waals surface area contributed by atoms with Gasteiger partial charge in [0.05, 0.1) is 16.8 Å². The van der Waals surface area contributed by atoms with Crippen molar-refractivity contribution in [2.75, 3.05) is 11.9 Å². The molecule has 3 nitrogen and oxygen atoms in total. The second-order valence-corrected chi connectivity index (χ2v) is 5.83. The number of thiazole rings is 1. The van der Waals surface area contributed by atoms with Gasteiger partial charge in [-0.05, 0) is 43.3 Å². The molecule has 21 heavy (non-hydrogen) atoms. The number of anilines is 2. The number of benzene rings is 2. The molecule has 108 valence electrons. The maximum Gasteiger partial charge on any atom is 0.188 e. The van der Waals surface area contributed by atoms with Crippen molar-refractivity contribution in [2.24, 2.45) is 0 Å². The number of rotatable bonds is 4. The quantitative estimate of drug-likeness (QED) is 0.714. The molecule has 0 aliphatic heterocycles. The van der Waals surface area contributed by atoms with Crippen LogP contribution in [0.2, 0.25) is 5.02 Å². The molecule has 0 amide bonds. The largest absolute Gasteiger partial charge is 0.494 e. The van der Waals surface area contributed by atoms with Crippen molar-refractivity contribution < 1.29 is 9.13 Å². The van der Waals surface area contributed by atoms with Gasteiger partial charge in [-0.2, -0.15) is 0 Å². The Kier molecular flexibility index (Phi) is 3.94. The van der Waals surface area contributed by atoms with Crippen LogP contribution in [-0.2, 0) is 0 Å². The first-order valence-corrected chi connectivity index (χ1v) is 7.60. The number of ether oxygens (including phenoxy) is 1. The monoisotopic (exact) mass is 322 g/mol. The molecule has 1 aromatic heterocycles. The van der Waals surface area contributed by atoms with Crippen LogP contribution < -0.4 is 10.1 Å². The molecule has 0 aliphatic rings. The molecule has 0 saturated carbocycles. The average Bonchev–Trinajstić information content (AvgIpc) is 2.79. The smallest absolute Gasteiger partial charge is 0.188 e. The molecule has 0 fully saturated rings. The SMILES string of the molecule is CCOc1ccc2nc(Nc3cc(F)cc(Cl)c3)sc2c1. The average molecular weight is 323 g/mol. The van der Waals surface area contributed by atoms with Crippen molar-refractivity contribution in [2.45, 2.75) is 6.92 Å². The van der Waals surface area contributed by atoms with Gasteiger partial charge < -0.3 is 10.1 Å². The van der Waals surface area contributed by atoms with Crippen LogP contribution in [0.4, 0.5) is 15.2 Å². The number of hydrogen-bond donors (Lipinski definition) is 1. The third kappa shape index (κ3) is 3.25. The van der Waals surface area contributed by atoms with Gasteiger partial charge in [0.15, 0.2) is 5.13 Å². The molecule has 0 radical (unpaired) electrons. The lowest BCUT2D eigenvalue weighted by atomic mass is 10.3. The molecule has 0 spiro atoms. The fourth-order valence-electron chi connectivity index (χ4n) is 1.96. The van der Waals surface area contributed by atoms with E-state index < -0.39 is 0 Å². The first-order chi connectivity index (χ1) is 10.1. The molecule has 0 aliphatic carbocycles. The first kappa shape index (κ1) is 14.1. The Bertz CT molecular complexity index is 770. The normalized spacial score (nSPS) is 10.8. The molecule has 0 unspecified atom stereocenters. The Hall–Kier alpha value is -1.85. The summed E-state index contributed by atoms with van der Waals surface area (Å²) in [5, 5.41) is 4.09. The van der Waals surface area contributed by atoms with Crippen LogP contribution in [0.15, 0.2) is 36.4 Å². The summed E-state index contributed by atoms with van der Waals surface area (Å²) in [4.78, 5) is 4.45. The van der Waals surface area contributed by atoms with Crippen LogP contribution in [0.1, 0.15) is 6.92 Å². The van der Waals surface area contributed by atoms with Crippen LogP contribution in [-0.4, -0.2) is 11.6 Å². The Morgan fingerprint density at radius 2 is 2.14 bits per heavy atom. The van der Waals surface area contributed by atoms with Crippen molar-refractivity contribution in [3.8, 4) is 5.75 Å². The van der Waals surface area contributed by atoms with Crippen molar-refractivity contribution in [3.63, 3.8) is 0 Å². The summed E-state index contributed by atoms with van der Waals surface area (Å²) in [6, 6.07) is 10.0. The standard InChI is InChI=1S/C15H12ClFN2OS/c1-2-20-12-3-4-13-14(8-12)21-15(19-13)18-11-6-9(16)5-10(17)7-11/h3-8H,2H2,1H3,(H,18,19). The number of nitrogens with zero attached hydrogens (tertiary/aromatic N) is 1. The summed E-state index contributed by atoms with van der Waals surface area (Å²) in [6.07, 6.45) is 0. The van der Waals surface area contributed by atoms with Crippen LogP contribution in [0, 0.1) is 5.82 Å². The zero-order valence-electron chi connectivity index (χ0n) is 11.2. The van der Waals surface area contributed by atoms with E-state index in [9.17, 15) is 4.39 Å². The molecule has 0 saturated heterocycles. The van der Waals surface area contributed by atoms with Crippen LogP contribution in [0.5, 0.6) is 5.75 Å². The van der Waals surface area contributed by atoms with Crippen LogP contribution >= 0.6 is 22.9 Å². The number of aromatic nitrogens is 1. The predicted molar refractivity (Wildman–Crippen MR) is 85.5 cm³/mol. The molecule has 0 bridgehead atoms. The molecule has 3 rings (SSSR count). The van der Waals surface area contributed by atoms with Gasteiger partial charge in [0.2, 0.25) is 0 Å². The molecule has 1 heterocycles. The number of fused-ring (bicyclic) bond motifs is 1. The molecular formula is C15H12ClFN2OS. The van der Waals surface area contributed by atoms with Crippen LogP contribution in [0.3, 0.4) is 0 Å². The highest BCUT2D eigenvalue weighted by Crippen LogP contribution is 2.31. The predicted octanol–water partition coefficient (Wildman–Crippen LogP) is 5.23. The zero-order valence-corrected chi connectivity index (χ0v) is 12.8. The third-order valence-electron chi connectivity index (χ3n) is 2.78. The van der Waals surface area contributed by atoms with E-state index in [0.29, 0.717) is 22.4 Å². The molecule has 6 heteroatoms. The third-order valence-corrected chi connectivity index (χ3v) is 3.94. The van der Waals surface area contributed by atoms with Gasteiger partial charge in [-0.1, -0.05) is 22.9 Å². The molecule has 1 N–H and O–H groups in total. The minimum absolute atomic E-state index is 0.345. The van der Waals surface area contributed by atoms with Crippen molar-refractivity contribution in [1.82, 2.24) is 4.98 Å². The van der Waals surface area contributed by atoms with E-state index in [1.54, 1.807) is 6.07 Å². The van der Waals surface area contributed by atoms with Gasteiger partial charge in [-0.15, -0.1) is 0 Å². The summed E-state index contributed by atoms with van der Waals surface area (Å²) < 4.78 is 19.8. The summed E-state index contributed by atoms with van der Waals surface area (Å²) in [6.45, 7) is 2.56. The topological polar surface area (TPSA) is 34.1 Å². The van der Waals surface area contributed by atoms with Gasteiger partial charge in [0.25, 0.3) is 0 Å². The summed E-state index contributed by atoms with van der Waals surface area (Å²) in [7, 11) is 0. The molecular weight excluding hydrogens is 311 g/mol. The lowest BCUT2D eigenvalue weighted by Gasteiger charge is -2.02. The molecule has 3 aromatic rings. The highest BCUT2D eigenvalue weighted by Gasteiger charge is 2.07. The lowest BCUT2D eigenvalue weighted by Crippen LogP contribution is -1.90. The Morgan fingerprint density at radius 1 is 1.29 bits per heavy atom. The molecule has 2 aromatic carbocycles. The number of hydrogen-bond acceptors (Lipinski definition) is 4. The zero-order chi connectivity index (χ0) is 14.8. The van der Waals surface area contributed by atoms with E-state index >= 15 is 0 Å². The second kappa shape index (κ2) is 5.87. The summed E-state index contributed by atoms with van der Waals surface area (Å²) in [5.41, 5.74) is 1.44. The maximum atomic E-state index is 13.3. The van der Waals surface area contributed by atoms with Crippen LogP contribution in [0.25, 0.3) is 10.2 Å². The fraction of sp³-hybridized carbons (Fsp3) is 0.133. The van der Waals surface area contributed by atoms with E-state index in [1.807, 2.05) is 25.1 Å². The Labute approximate surface area is 130 Å². The van der Waals surface area contributed by atoms with Gasteiger partial charge in [-0.3, -0.25) is 0 Å². The summed E-state index contributed by atoms with van der Waals surface area (Å²) >= 11 is 7.31. The second-order valence-electron chi connectivity index (χ2n) is 4.36. The highest BCUT2D eigenvalue weighted by molar-refractivity contribution is 7.22. The van der Waals surface area contributed by atoms with Crippen molar-refractivity contribution in [1.29, 1.82) is 0 Å². The van der Waals surface area contributed by atoms with E-state index in [1.165, 1.54) is 23.5 Å². The highest BCUT2D eigenvalue weighted by atomic mass is 35.5. The molecule has 0 atom stereocenters. The van der Waals surface area contributed by atoms with Crippen molar-refractivity contribution in [3.05, 3.63) is 47.2 Å². The summed E-state index contributed by atoms with van der Waals surface area (Å²) in [5.74, 6) is 0.429. The Morgan fingerprint density at radius 3 is 2.90 bits per heavy atom. The minimum Gasteiger partial charge on any atom is -0.494 e. The van der Waals surface area contributed by atoms with Gasteiger partial charge in [-0.25, -0.2) is 9.37 Å².